The lowest BCUT2D eigenvalue weighted by Gasteiger charge is -2.49. The van der Waals surface area contributed by atoms with Crippen LogP contribution in [0, 0.1) is 0 Å². The normalized spacial score (nSPS) is 18.0. The number of nitrogen functional groups attached to an aromatic ring is 3. The van der Waals surface area contributed by atoms with Gasteiger partial charge in [0.25, 0.3) is 17.6 Å². The van der Waals surface area contributed by atoms with E-state index in [2.05, 4.69) is 15.5 Å². The van der Waals surface area contributed by atoms with Gasteiger partial charge in [-0.25, -0.2) is 14.6 Å². The predicted octanol–water partition coefficient (Wildman–Crippen LogP) is 0.503. The molecule has 0 spiro atoms. The molecule has 2 aliphatic rings. The van der Waals surface area contributed by atoms with Crippen molar-refractivity contribution in [1.29, 1.82) is 0 Å². The van der Waals surface area contributed by atoms with Gasteiger partial charge in [0.15, 0.2) is 15.9 Å². The summed E-state index contributed by atoms with van der Waals surface area (Å²) in [5, 5.41) is 26.6. The molecule has 2 aliphatic heterocycles. The van der Waals surface area contributed by atoms with Gasteiger partial charge in [0, 0.05) is 28.6 Å². The van der Waals surface area contributed by atoms with Crippen molar-refractivity contribution in [2.45, 2.75) is 16.4 Å². The molecular weight excluding hydrogens is 633 g/mol. The van der Waals surface area contributed by atoms with Crippen LogP contribution in [0.4, 0.5) is 16.6 Å². The molecule has 4 heterocycles. The summed E-state index contributed by atoms with van der Waals surface area (Å²) in [5.74, 6) is -3.21. The number of β-lactam (4-membered cyclic amide) rings is 1. The topological polar surface area (TPSA) is 240 Å². The van der Waals surface area contributed by atoms with Gasteiger partial charge in [-0.15, -0.1) is 23.1 Å². The van der Waals surface area contributed by atoms with Crippen LogP contribution in [0.2, 0.25) is 0 Å². The van der Waals surface area contributed by atoms with Gasteiger partial charge < -0.3 is 31.8 Å². The first kappa shape index (κ1) is 30.6. The zero-order chi connectivity index (χ0) is 31.5. The van der Waals surface area contributed by atoms with Crippen LogP contribution in [0.1, 0.15) is 5.69 Å². The van der Waals surface area contributed by atoms with E-state index in [1.54, 1.807) is 16.7 Å². The van der Waals surface area contributed by atoms with E-state index in [0.29, 0.717) is 22.1 Å². The Morgan fingerprint density at radius 2 is 1.93 bits per heavy atom. The molecule has 1 saturated heterocycles. The monoisotopic (exact) mass is 657 g/mol. The number of nitrogens with two attached hydrogens (primary N) is 3. The molecule has 228 valence electrons. The van der Waals surface area contributed by atoms with E-state index >= 15 is 0 Å². The van der Waals surface area contributed by atoms with Crippen LogP contribution >= 0.6 is 34.9 Å². The number of aromatic nitrogens is 2. The Balaban J connectivity index is 1.35. The van der Waals surface area contributed by atoms with Crippen molar-refractivity contribution in [2.75, 3.05) is 35.3 Å². The van der Waals surface area contributed by atoms with E-state index in [1.807, 2.05) is 30.3 Å². The molecule has 5 rings (SSSR count). The molecule has 0 aliphatic carbocycles. The number of amides is 2. The number of carbonyl (C=O) groups excluding carboxylic acids is 2. The first-order valence-corrected chi connectivity index (χ1v) is 15.6. The lowest BCUT2D eigenvalue weighted by molar-refractivity contribution is -0.620. The smallest absolute Gasteiger partial charge is 0.352 e. The molecule has 3 aromatic rings. The summed E-state index contributed by atoms with van der Waals surface area (Å²) in [6.45, 7) is -0.813. The van der Waals surface area contributed by atoms with Crippen LogP contribution in [0.3, 0.4) is 0 Å². The zero-order valence-electron chi connectivity index (χ0n) is 22.6. The second kappa shape index (κ2) is 12.8. The third kappa shape index (κ3) is 6.26. The number of hydrogen-bond donors (Lipinski definition) is 6. The summed E-state index contributed by atoms with van der Waals surface area (Å²) in [4.78, 5) is 59.4. The Labute approximate surface area is 261 Å². The number of benzene rings is 1. The second-order valence-electron chi connectivity index (χ2n) is 9.31. The SMILES string of the molecule is Nc1cc(N)[n+](-c2ccccc2)c(SCC2=C(C(=O)O)N3C(=O)C(NC(=O)/C(=N\OCC(=O)O)c4csc(N)n4)C3SC2)c1. The Morgan fingerprint density at radius 3 is 2.59 bits per heavy atom. The quantitative estimate of drug-likeness (QED) is 0.0542. The largest absolute Gasteiger partial charge is 0.479 e. The van der Waals surface area contributed by atoms with Crippen molar-refractivity contribution in [3.63, 3.8) is 0 Å². The lowest BCUT2D eigenvalue weighted by atomic mass is 10.0. The van der Waals surface area contributed by atoms with E-state index in [-0.39, 0.29) is 33.7 Å². The predicted molar refractivity (Wildman–Crippen MR) is 164 cm³/mol. The number of anilines is 3. The molecule has 1 fully saturated rings. The number of carboxylic acids is 2. The van der Waals surface area contributed by atoms with Crippen LogP contribution in [0.15, 0.2) is 69.3 Å². The summed E-state index contributed by atoms with van der Waals surface area (Å²) in [5.41, 5.74) is 19.2. The third-order valence-electron chi connectivity index (χ3n) is 6.35. The summed E-state index contributed by atoms with van der Waals surface area (Å²) in [7, 11) is 0. The molecule has 0 saturated carbocycles. The number of carbonyl (C=O) groups is 4. The molecule has 15 nitrogen and oxygen atoms in total. The highest BCUT2D eigenvalue weighted by Gasteiger charge is 2.54. The Kier molecular flexibility index (Phi) is 8.93. The van der Waals surface area contributed by atoms with Gasteiger partial charge in [0.2, 0.25) is 6.61 Å². The van der Waals surface area contributed by atoms with Crippen LogP contribution in [0.25, 0.3) is 5.69 Å². The molecular formula is C26H25N8O7S3+. The van der Waals surface area contributed by atoms with Gasteiger partial charge in [0.1, 0.15) is 28.5 Å². The number of nitrogens with one attached hydrogen (secondary N) is 1. The Bertz CT molecular complexity index is 1710. The summed E-state index contributed by atoms with van der Waals surface area (Å²) >= 11 is 3.63. The van der Waals surface area contributed by atoms with Crippen LogP contribution in [0.5, 0.6) is 0 Å². The number of thiazole rings is 1. The number of rotatable bonds is 11. The molecule has 9 N–H and O–H groups in total. The maximum atomic E-state index is 13.2. The van der Waals surface area contributed by atoms with Crippen LogP contribution in [-0.4, -0.2) is 79.1 Å². The van der Waals surface area contributed by atoms with Gasteiger partial charge in [-0.1, -0.05) is 35.1 Å². The first-order chi connectivity index (χ1) is 21.0. The minimum Gasteiger partial charge on any atom is -0.479 e. The van der Waals surface area contributed by atoms with Crippen molar-refractivity contribution >= 4 is 81.0 Å². The molecule has 2 amide bonds. The average molecular weight is 658 g/mol. The van der Waals surface area contributed by atoms with E-state index < -0.39 is 41.8 Å². The number of aliphatic carboxylic acids is 2. The van der Waals surface area contributed by atoms with E-state index in [0.717, 1.165) is 21.9 Å². The van der Waals surface area contributed by atoms with E-state index in [9.17, 15) is 24.3 Å². The molecule has 2 atom stereocenters. The van der Waals surface area contributed by atoms with E-state index in [1.165, 1.54) is 28.9 Å². The average Bonchev–Trinajstić information content (AvgIpc) is 3.41. The number of pyridine rings is 1. The van der Waals surface area contributed by atoms with Crippen molar-refractivity contribution in [3.8, 4) is 5.69 Å². The maximum Gasteiger partial charge on any atom is 0.352 e. The number of thioether (sulfide) groups is 2. The summed E-state index contributed by atoms with van der Waals surface area (Å²) < 4.78 is 1.80. The van der Waals surface area contributed by atoms with Crippen molar-refractivity contribution in [3.05, 3.63) is 64.8 Å². The lowest BCUT2D eigenvalue weighted by Crippen LogP contribution is -2.71. The van der Waals surface area contributed by atoms with E-state index in [4.69, 9.17) is 27.1 Å². The minimum absolute atomic E-state index is 0.0238. The van der Waals surface area contributed by atoms with Crippen molar-refractivity contribution in [1.82, 2.24) is 15.2 Å². The minimum atomic E-state index is -1.31. The molecule has 44 heavy (non-hydrogen) atoms. The Hall–Kier alpha value is -4.81. The molecule has 0 bridgehead atoms. The van der Waals surface area contributed by atoms with Gasteiger partial charge in [-0.05, 0) is 17.7 Å². The Morgan fingerprint density at radius 1 is 1.18 bits per heavy atom. The number of para-hydroxylation sites is 1. The van der Waals surface area contributed by atoms with Crippen molar-refractivity contribution < 1.29 is 38.8 Å². The standard InChI is InChI=1S/C26H24N8O7S3/c27-13-6-16(28)33(14-4-2-1-3-5-14)17(7-13)42-9-12-10-43-24-20(23(38)34(24)21(12)25(39)40)31-22(37)19(32-41-8-18(35)36)15-11-44-26(29)30-15/h1-7,11,20,24H,8-10H2,(H8,27,28,29,30,31,35,36,37,39,40)/p+1/b32-19-. The zero-order valence-corrected chi connectivity index (χ0v) is 25.0. The highest BCUT2D eigenvalue weighted by Crippen LogP contribution is 2.41. The van der Waals surface area contributed by atoms with Crippen molar-refractivity contribution in [2.24, 2.45) is 5.16 Å². The third-order valence-corrected chi connectivity index (χ3v) is 9.45. The second-order valence-corrected chi connectivity index (χ2v) is 12.3. The maximum absolute atomic E-state index is 13.2. The highest BCUT2D eigenvalue weighted by molar-refractivity contribution is 8.01. The van der Waals surface area contributed by atoms with Gasteiger partial charge in [-0.2, -0.15) is 4.57 Å². The fourth-order valence-electron chi connectivity index (χ4n) is 4.49. The van der Waals surface area contributed by atoms with Gasteiger partial charge in [0.05, 0.1) is 6.07 Å². The first-order valence-electron chi connectivity index (χ1n) is 12.7. The van der Waals surface area contributed by atoms with Gasteiger partial charge >= 0.3 is 11.9 Å². The molecule has 2 aromatic heterocycles. The number of hydrogen-bond acceptors (Lipinski definition) is 13. The number of carboxylic acid groups (broad SMARTS) is 2. The molecule has 18 heteroatoms. The number of fused-ring (bicyclic) bond motifs is 1. The molecule has 1 aromatic carbocycles. The van der Waals surface area contributed by atoms with Gasteiger partial charge in [-0.3, -0.25) is 20.2 Å². The number of nitrogens with zero attached hydrogens (tertiary/aromatic N) is 4. The van der Waals surface area contributed by atoms with Crippen LogP contribution in [-0.2, 0) is 24.0 Å². The van der Waals surface area contributed by atoms with Crippen LogP contribution < -0.4 is 27.1 Å². The summed E-state index contributed by atoms with van der Waals surface area (Å²) in [6, 6.07) is 11.7. The molecule has 2 unspecified atom stereocenters. The fraction of sp³-hybridized carbons (Fsp3) is 0.192. The molecule has 0 radical (unpaired) electrons. The summed E-state index contributed by atoms with van der Waals surface area (Å²) in [6.07, 6.45) is 0. The highest BCUT2D eigenvalue weighted by atomic mass is 32.2. The fourth-order valence-corrected chi connectivity index (χ4v) is 7.63. The number of oxime groups is 1.